The Bertz CT molecular complexity index is 1160. The van der Waals surface area contributed by atoms with E-state index in [1.807, 2.05) is 57.2 Å². The standard InChI is InChI=1S/C31H42BrN3O6/c1-5-6-7-19-33-35-29(38)31(18-17-26(37)41-30(2,3)4)27(22-9-13-24(32)14-10-22)40-28(34-31)23-11-15-25(16-12-23)39-21-8-20-36/h9-16,27,33,36H,5-8,17-21H2,1-4H3,(H,35,38)/t27-,31-/m0/s1. The molecule has 0 unspecified atom stereocenters. The van der Waals surface area contributed by atoms with Crippen molar-refractivity contribution in [2.24, 2.45) is 4.99 Å². The summed E-state index contributed by atoms with van der Waals surface area (Å²) < 4.78 is 18.5. The number of carbonyl (C=O) groups excluding carboxylic acids is 2. The van der Waals surface area contributed by atoms with Gasteiger partial charge >= 0.3 is 5.97 Å². The van der Waals surface area contributed by atoms with Gasteiger partial charge in [-0.2, -0.15) is 0 Å². The SMILES string of the molecule is CCCCCNNC(=O)[C@@]1(CCC(=O)OC(C)(C)C)N=C(c2ccc(OCCCO)cc2)O[C@H]1c1ccc(Br)cc1. The molecule has 2 aromatic rings. The van der Waals surface area contributed by atoms with Crippen molar-refractivity contribution >= 4 is 33.7 Å². The number of hydrazine groups is 1. The van der Waals surface area contributed by atoms with Crippen LogP contribution < -0.4 is 15.6 Å². The molecule has 10 heteroatoms. The number of carbonyl (C=O) groups is 2. The number of hydrogen-bond donors (Lipinski definition) is 3. The topological polar surface area (TPSA) is 118 Å². The Morgan fingerprint density at radius 2 is 1.78 bits per heavy atom. The van der Waals surface area contributed by atoms with E-state index in [-0.39, 0.29) is 25.4 Å². The molecule has 2 atom stereocenters. The monoisotopic (exact) mass is 631 g/mol. The summed E-state index contributed by atoms with van der Waals surface area (Å²) in [6.45, 7) is 8.62. The predicted molar refractivity (Wildman–Crippen MR) is 162 cm³/mol. The Morgan fingerprint density at radius 3 is 2.41 bits per heavy atom. The fraction of sp³-hybridized carbons (Fsp3) is 0.516. The highest BCUT2D eigenvalue weighted by Gasteiger charge is 2.53. The third-order valence-corrected chi connectivity index (χ3v) is 6.97. The van der Waals surface area contributed by atoms with Crippen molar-refractivity contribution in [1.29, 1.82) is 0 Å². The summed E-state index contributed by atoms with van der Waals surface area (Å²) in [7, 11) is 0. The van der Waals surface area contributed by atoms with Gasteiger partial charge in [-0.15, -0.1) is 0 Å². The van der Waals surface area contributed by atoms with Crippen LogP contribution in [0.2, 0.25) is 0 Å². The molecule has 0 saturated carbocycles. The van der Waals surface area contributed by atoms with E-state index >= 15 is 0 Å². The molecule has 1 aliphatic rings. The molecule has 0 saturated heterocycles. The van der Waals surface area contributed by atoms with Crippen molar-refractivity contribution in [2.75, 3.05) is 19.8 Å². The minimum atomic E-state index is -1.44. The van der Waals surface area contributed by atoms with E-state index in [1.54, 1.807) is 12.1 Å². The lowest BCUT2D eigenvalue weighted by Crippen LogP contribution is -2.53. The minimum Gasteiger partial charge on any atom is -0.494 e. The maximum atomic E-state index is 14.0. The molecule has 0 bridgehead atoms. The summed E-state index contributed by atoms with van der Waals surface area (Å²) in [6, 6.07) is 14.8. The van der Waals surface area contributed by atoms with Crippen LogP contribution in [0.5, 0.6) is 5.75 Å². The molecule has 3 N–H and O–H groups in total. The fourth-order valence-electron chi connectivity index (χ4n) is 4.41. The van der Waals surface area contributed by atoms with Crippen LogP contribution in [0.4, 0.5) is 0 Å². The van der Waals surface area contributed by atoms with Crippen molar-refractivity contribution < 1.29 is 28.9 Å². The van der Waals surface area contributed by atoms with E-state index in [0.29, 0.717) is 36.8 Å². The number of amides is 1. The van der Waals surface area contributed by atoms with Crippen LogP contribution >= 0.6 is 15.9 Å². The van der Waals surface area contributed by atoms with Gasteiger partial charge in [0.1, 0.15) is 11.4 Å². The molecule has 9 nitrogen and oxygen atoms in total. The summed E-state index contributed by atoms with van der Waals surface area (Å²) in [6.07, 6.45) is 2.82. The molecular weight excluding hydrogens is 590 g/mol. The van der Waals surface area contributed by atoms with E-state index in [1.165, 1.54) is 0 Å². The lowest BCUT2D eigenvalue weighted by atomic mass is 9.83. The zero-order valence-corrected chi connectivity index (χ0v) is 26.0. The minimum absolute atomic E-state index is 0.0225. The average molecular weight is 633 g/mol. The van der Waals surface area contributed by atoms with E-state index in [0.717, 1.165) is 29.3 Å². The Labute approximate surface area is 251 Å². The van der Waals surface area contributed by atoms with Gasteiger partial charge in [0.05, 0.1) is 6.61 Å². The molecule has 0 aromatic heterocycles. The van der Waals surface area contributed by atoms with Crippen LogP contribution in [-0.2, 0) is 19.1 Å². The van der Waals surface area contributed by atoms with Crippen LogP contribution in [0.15, 0.2) is 58.0 Å². The number of ether oxygens (including phenoxy) is 3. The maximum Gasteiger partial charge on any atom is 0.306 e. The quantitative estimate of drug-likeness (QED) is 0.137. The molecule has 1 aliphatic heterocycles. The number of rotatable bonds is 15. The number of benzene rings is 2. The van der Waals surface area contributed by atoms with Gasteiger partial charge in [0.25, 0.3) is 5.91 Å². The first kappa shape index (κ1) is 32.6. The highest BCUT2D eigenvalue weighted by atomic mass is 79.9. The van der Waals surface area contributed by atoms with Crippen LogP contribution in [0, 0.1) is 0 Å². The Morgan fingerprint density at radius 1 is 1.07 bits per heavy atom. The number of aliphatic hydroxyl groups is 1. The van der Waals surface area contributed by atoms with E-state index in [2.05, 4.69) is 33.7 Å². The Hall–Kier alpha value is -2.95. The van der Waals surface area contributed by atoms with Crippen molar-refractivity contribution in [1.82, 2.24) is 10.9 Å². The van der Waals surface area contributed by atoms with Crippen LogP contribution in [0.3, 0.4) is 0 Å². The number of aliphatic hydroxyl groups excluding tert-OH is 1. The van der Waals surface area contributed by atoms with E-state index < -0.39 is 23.2 Å². The highest BCUT2D eigenvalue weighted by Crippen LogP contribution is 2.43. The van der Waals surface area contributed by atoms with Crippen LogP contribution in [0.1, 0.15) is 83.5 Å². The number of esters is 1. The van der Waals surface area contributed by atoms with Gasteiger partial charge in [-0.1, -0.05) is 47.8 Å². The number of halogens is 1. The Balaban J connectivity index is 1.97. The van der Waals surface area contributed by atoms with Gasteiger partial charge in [-0.3, -0.25) is 15.0 Å². The van der Waals surface area contributed by atoms with Gasteiger partial charge in [-0.25, -0.2) is 10.4 Å². The molecule has 3 rings (SSSR count). The number of nitrogens with zero attached hydrogens (tertiary/aromatic N) is 1. The summed E-state index contributed by atoms with van der Waals surface area (Å²) in [4.78, 5) is 31.7. The highest BCUT2D eigenvalue weighted by molar-refractivity contribution is 9.10. The second-order valence-corrected chi connectivity index (χ2v) is 11.9. The molecule has 224 valence electrons. The van der Waals surface area contributed by atoms with Crippen molar-refractivity contribution in [3.63, 3.8) is 0 Å². The molecule has 1 heterocycles. The number of aliphatic imine (C=N–C) groups is 1. The van der Waals surface area contributed by atoms with Gasteiger partial charge in [0, 0.05) is 36.0 Å². The first-order valence-electron chi connectivity index (χ1n) is 14.2. The second kappa shape index (κ2) is 15.3. The zero-order chi connectivity index (χ0) is 29.9. The van der Waals surface area contributed by atoms with E-state index in [9.17, 15) is 9.59 Å². The molecule has 0 fully saturated rings. The lowest BCUT2D eigenvalue weighted by molar-refractivity contribution is -0.155. The van der Waals surface area contributed by atoms with Gasteiger partial charge in [-0.05, 0) is 75.6 Å². The summed E-state index contributed by atoms with van der Waals surface area (Å²) in [5, 5.41) is 9.00. The van der Waals surface area contributed by atoms with Crippen molar-refractivity contribution in [3.05, 3.63) is 64.1 Å². The lowest BCUT2D eigenvalue weighted by Gasteiger charge is -2.31. The summed E-state index contributed by atoms with van der Waals surface area (Å²) >= 11 is 3.48. The normalized spacial score (nSPS) is 18.4. The second-order valence-electron chi connectivity index (χ2n) is 11.0. The number of unbranched alkanes of at least 4 members (excludes halogenated alkanes) is 2. The molecule has 41 heavy (non-hydrogen) atoms. The van der Waals surface area contributed by atoms with E-state index in [4.69, 9.17) is 24.3 Å². The third-order valence-electron chi connectivity index (χ3n) is 6.44. The molecular formula is C31H42BrN3O6. The van der Waals surface area contributed by atoms with Gasteiger partial charge < -0.3 is 19.3 Å². The first-order chi connectivity index (χ1) is 19.6. The molecule has 1 amide bonds. The fourth-order valence-corrected chi connectivity index (χ4v) is 4.67. The van der Waals surface area contributed by atoms with Gasteiger partial charge in [0.2, 0.25) is 5.90 Å². The summed E-state index contributed by atoms with van der Waals surface area (Å²) in [5.41, 5.74) is 5.20. The third kappa shape index (κ3) is 9.55. The maximum absolute atomic E-state index is 14.0. The predicted octanol–water partition coefficient (Wildman–Crippen LogP) is 5.40. The van der Waals surface area contributed by atoms with Crippen molar-refractivity contribution in [2.45, 2.75) is 83.5 Å². The number of hydrogen-bond acceptors (Lipinski definition) is 8. The first-order valence-corrected chi connectivity index (χ1v) is 15.0. The largest absolute Gasteiger partial charge is 0.494 e. The Kier molecular flexibility index (Phi) is 12.2. The molecule has 0 aliphatic carbocycles. The molecule has 0 radical (unpaired) electrons. The zero-order valence-electron chi connectivity index (χ0n) is 24.4. The molecule has 0 spiro atoms. The smallest absolute Gasteiger partial charge is 0.306 e. The van der Waals surface area contributed by atoms with Crippen LogP contribution in [0.25, 0.3) is 0 Å². The van der Waals surface area contributed by atoms with Crippen molar-refractivity contribution in [3.8, 4) is 5.75 Å². The average Bonchev–Trinajstić information content (AvgIpc) is 3.33. The number of nitrogens with one attached hydrogen (secondary N) is 2. The summed E-state index contributed by atoms with van der Waals surface area (Å²) in [5.74, 6) is 0.146. The molecule has 2 aromatic carbocycles. The van der Waals surface area contributed by atoms with Crippen LogP contribution in [-0.4, -0.2) is 53.8 Å². The van der Waals surface area contributed by atoms with Gasteiger partial charge in [0.15, 0.2) is 11.6 Å².